The van der Waals surface area contributed by atoms with Crippen molar-refractivity contribution in [2.45, 2.75) is 31.2 Å². The molecule has 1 fully saturated rings. The molecule has 0 aliphatic heterocycles. The molecule has 2 aromatic rings. The van der Waals surface area contributed by atoms with Gasteiger partial charge in [0.2, 0.25) is 10.0 Å². The number of carbonyl (C=O) groups excluding carboxylic acids is 1. The molecule has 3 atom stereocenters. The summed E-state index contributed by atoms with van der Waals surface area (Å²) in [4.78, 5) is 11.5. The Hall–Kier alpha value is -1.98. The van der Waals surface area contributed by atoms with E-state index < -0.39 is 10.0 Å². The summed E-state index contributed by atoms with van der Waals surface area (Å²) in [6, 6.07) is 15.5. The molecule has 126 valence electrons. The molecule has 3 unspecified atom stereocenters. The van der Waals surface area contributed by atoms with Gasteiger partial charge in [-0.05, 0) is 42.9 Å². The Labute approximate surface area is 143 Å². The lowest BCUT2D eigenvalue weighted by molar-refractivity contribution is 0.101. The van der Waals surface area contributed by atoms with Crippen molar-refractivity contribution in [2.24, 2.45) is 11.8 Å². The van der Waals surface area contributed by atoms with E-state index >= 15 is 0 Å². The predicted octanol–water partition coefficient (Wildman–Crippen LogP) is 3.56. The van der Waals surface area contributed by atoms with Gasteiger partial charge in [0.15, 0.2) is 5.78 Å². The molecular formula is C19H21NO3S. The molecular weight excluding hydrogens is 322 g/mol. The topological polar surface area (TPSA) is 63.2 Å². The Morgan fingerprint density at radius 2 is 1.67 bits per heavy atom. The summed E-state index contributed by atoms with van der Waals surface area (Å²) in [5.41, 5.74) is 1.49. The van der Waals surface area contributed by atoms with Crippen molar-refractivity contribution in [2.75, 3.05) is 0 Å². The number of hydrogen-bond acceptors (Lipinski definition) is 3. The highest BCUT2D eigenvalue weighted by Crippen LogP contribution is 2.47. The van der Waals surface area contributed by atoms with Crippen LogP contribution < -0.4 is 4.72 Å². The van der Waals surface area contributed by atoms with Crippen LogP contribution in [0.3, 0.4) is 0 Å². The molecule has 0 amide bonds. The summed E-state index contributed by atoms with van der Waals surface area (Å²) in [7, 11) is -3.64. The maximum atomic E-state index is 12.7. The van der Waals surface area contributed by atoms with Crippen LogP contribution in [0.15, 0.2) is 59.5 Å². The van der Waals surface area contributed by atoms with E-state index in [1.54, 1.807) is 12.1 Å². The SMILES string of the molecule is CC(=O)c1ccc(S(=O)(=O)NC(c2ccccc2)C2CC2C)cc1. The van der Waals surface area contributed by atoms with Gasteiger partial charge in [-0.3, -0.25) is 4.79 Å². The van der Waals surface area contributed by atoms with Crippen LogP contribution in [-0.4, -0.2) is 14.2 Å². The van der Waals surface area contributed by atoms with Crippen LogP contribution in [-0.2, 0) is 10.0 Å². The first-order valence-electron chi connectivity index (χ1n) is 8.07. The molecule has 2 aromatic carbocycles. The lowest BCUT2D eigenvalue weighted by Gasteiger charge is -2.19. The smallest absolute Gasteiger partial charge is 0.241 e. The second-order valence-electron chi connectivity index (χ2n) is 6.47. The van der Waals surface area contributed by atoms with Crippen molar-refractivity contribution in [1.82, 2.24) is 4.72 Å². The molecule has 0 spiro atoms. The second-order valence-corrected chi connectivity index (χ2v) is 8.18. The minimum absolute atomic E-state index is 0.0825. The molecule has 1 aliphatic carbocycles. The van der Waals surface area contributed by atoms with Gasteiger partial charge >= 0.3 is 0 Å². The number of Topliss-reactive ketones (excluding diaryl/α,β-unsaturated/α-hetero) is 1. The summed E-state index contributed by atoms with van der Waals surface area (Å²) in [5, 5.41) is 0. The monoisotopic (exact) mass is 343 g/mol. The summed E-state index contributed by atoms with van der Waals surface area (Å²) < 4.78 is 28.3. The zero-order chi connectivity index (χ0) is 17.3. The largest absolute Gasteiger partial charge is 0.295 e. The molecule has 0 bridgehead atoms. The normalized spacial score (nSPS) is 21.2. The Bertz CT molecular complexity index is 829. The van der Waals surface area contributed by atoms with Crippen molar-refractivity contribution >= 4 is 15.8 Å². The highest BCUT2D eigenvalue weighted by atomic mass is 32.2. The maximum absolute atomic E-state index is 12.7. The molecule has 0 radical (unpaired) electrons. The van der Waals surface area contributed by atoms with Crippen LogP contribution in [0.25, 0.3) is 0 Å². The quantitative estimate of drug-likeness (QED) is 0.816. The Morgan fingerprint density at radius 3 is 2.17 bits per heavy atom. The Kier molecular flexibility index (Phi) is 4.56. The predicted molar refractivity (Wildman–Crippen MR) is 93.2 cm³/mol. The lowest BCUT2D eigenvalue weighted by Crippen LogP contribution is -2.30. The molecule has 0 heterocycles. The van der Waals surface area contributed by atoms with E-state index in [4.69, 9.17) is 0 Å². The van der Waals surface area contributed by atoms with Crippen LogP contribution in [0.5, 0.6) is 0 Å². The van der Waals surface area contributed by atoms with Crippen LogP contribution in [0, 0.1) is 11.8 Å². The first-order chi connectivity index (χ1) is 11.4. The third-order valence-electron chi connectivity index (χ3n) is 4.61. The van der Waals surface area contributed by atoms with Crippen molar-refractivity contribution in [1.29, 1.82) is 0 Å². The van der Waals surface area contributed by atoms with Crippen LogP contribution >= 0.6 is 0 Å². The van der Waals surface area contributed by atoms with Crippen LogP contribution in [0.4, 0.5) is 0 Å². The minimum Gasteiger partial charge on any atom is -0.295 e. The van der Waals surface area contributed by atoms with E-state index in [1.807, 2.05) is 30.3 Å². The van der Waals surface area contributed by atoms with Crippen molar-refractivity contribution < 1.29 is 13.2 Å². The van der Waals surface area contributed by atoms with Gasteiger partial charge in [-0.15, -0.1) is 0 Å². The van der Waals surface area contributed by atoms with Crippen molar-refractivity contribution in [3.8, 4) is 0 Å². The molecule has 0 aromatic heterocycles. The highest BCUT2D eigenvalue weighted by molar-refractivity contribution is 7.89. The highest BCUT2D eigenvalue weighted by Gasteiger charge is 2.42. The van der Waals surface area contributed by atoms with E-state index in [2.05, 4.69) is 11.6 Å². The third-order valence-corrected chi connectivity index (χ3v) is 6.07. The molecule has 0 saturated heterocycles. The van der Waals surface area contributed by atoms with Gasteiger partial charge in [-0.2, -0.15) is 0 Å². The number of ketones is 1. The molecule has 1 aliphatic rings. The van der Waals surface area contributed by atoms with E-state index in [0.717, 1.165) is 12.0 Å². The number of sulfonamides is 1. The Balaban J connectivity index is 1.87. The Morgan fingerprint density at radius 1 is 1.08 bits per heavy atom. The third kappa shape index (κ3) is 3.57. The molecule has 1 saturated carbocycles. The van der Waals surface area contributed by atoms with Gasteiger partial charge in [0.25, 0.3) is 0 Å². The number of carbonyl (C=O) groups is 1. The van der Waals surface area contributed by atoms with E-state index in [-0.39, 0.29) is 16.7 Å². The fourth-order valence-electron chi connectivity index (χ4n) is 2.98. The fourth-order valence-corrected chi connectivity index (χ4v) is 4.26. The van der Waals surface area contributed by atoms with E-state index in [9.17, 15) is 13.2 Å². The number of rotatable bonds is 6. The number of hydrogen-bond donors (Lipinski definition) is 1. The first-order valence-corrected chi connectivity index (χ1v) is 9.55. The van der Waals surface area contributed by atoms with E-state index in [1.165, 1.54) is 19.1 Å². The summed E-state index contributed by atoms with van der Waals surface area (Å²) in [5.74, 6) is 0.748. The van der Waals surface area contributed by atoms with Crippen molar-refractivity contribution in [3.63, 3.8) is 0 Å². The molecule has 1 N–H and O–H groups in total. The van der Waals surface area contributed by atoms with Gasteiger partial charge in [-0.1, -0.05) is 49.4 Å². The minimum atomic E-state index is -3.64. The summed E-state index contributed by atoms with van der Waals surface area (Å²) >= 11 is 0. The van der Waals surface area contributed by atoms with Gasteiger partial charge in [0.05, 0.1) is 10.9 Å². The summed E-state index contributed by atoms with van der Waals surface area (Å²) in [6.07, 6.45) is 1.02. The summed E-state index contributed by atoms with van der Waals surface area (Å²) in [6.45, 7) is 3.60. The van der Waals surface area contributed by atoms with Crippen LogP contribution in [0.1, 0.15) is 42.2 Å². The van der Waals surface area contributed by atoms with Gasteiger partial charge in [-0.25, -0.2) is 13.1 Å². The zero-order valence-electron chi connectivity index (χ0n) is 13.8. The average Bonchev–Trinajstić information content (AvgIpc) is 3.30. The van der Waals surface area contributed by atoms with E-state index in [0.29, 0.717) is 17.4 Å². The fraction of sp³-hybridized carbons (Fsp3) is 0.316. The van der Waals surface area contributed by atoms with Crippen LogP contribution in [0.2, 0.25) is 0 Å². The molecule has 3 rings (SSSR count). The first kappa shape index (κ1) is 16.9. The molecule has 4 nitrogen and oxygen atoms in total. The van der Waals surface area contributed by atoms with Gasteiger partial charge in [0.1, 0.15) is 0 Å². The van der Waals surface area contributed by atoms with Crippen molar-refractivity contribution in [3.05, 3.63) is 65.7 Å². The molecule has 5 heteroatoms. The second kappa shape index (κ2) is 6.49. The molecule has 24 heavy (non-hydrogen) atoms. The lowest BCUT2D eigenvalue weighted by atomic mass is 10.0. The van der Waals surface area contributed by atoms with Gasteiger partial charge < -0.3 is 0 Å². The zero-order valence-corrected chi connectivity index (χ0v) is 14.6. The number of benzene rings is 2. The van der Waals surface area contributed by atoms with Gasteiger partial charge in [0, 0.05) is 5.56 Å². The average molecular weight is 343 g/mol. The maximum Gasteiger partial charge on any atom is 0.241 e. The number of nitrogens with one attached hydrogen (secondary N) is 1. The standard InChI is InChI=1S/C19H21NO3S/c1-13-12-18(13)19(16-6-4-3-5-7-16)20-24(22,23)17-10-8-15(9-11-17)14(2)21/h3-11,13,18-20H,12H2,1-2H3.